The van der Waals surface area contributed by atoms with Crippen molar-refractivity contribution in [3.63, 3.8) is 0 Å². The summed E-state index contributed by atoms with van der Waals surface area (Å²) >= 11 is 0. The average Bonchev–Trinajstić information content (AvgIpc) is 3.40. The molecule has 0 fully saturated rings. The quantitative estimate of drug-likeness (QED) is 0.173. The van der Waals surface area contributed by atoms with Gasteiger partial charge in [-0.25, -0.2) is 8.42 Å². The minimum absolute atomic E-state index is 0.0788. The number of carbonyl (C=O) groups is 3. The fraction of sp³-hybridized carbons (Fsp3) is 0.200. The van der Waals surface area contributed by atoms with Gasteiger partial charge in [0.2, 0.25) is 17.7 Å². The van der Waals surface area contributed by atoms with Crippen molar-refractivity contribution in [3.8, 4) is 0 Å². The van der Waals surface area contributed by atoms with Crippen molar-refractivity contribution in [2.75, 3.05) is 28.0 Å². The van der Waals surface area contributed by atoms with Crippen LogP contribution in [0, 0.1) is 0 Å². The molecule has 4 aromatic carbocycles. The van der Waals surface area contributed by atoms with E-state index in [0.29, 0.717) is 60.0 Å². The number of carbonyl (C=O) groups excluding carboxylic acids is 3. The minimum Gasteiger partial charge on any atom is -0.354 e. The molecule has 4 aromatic rings. The van der Waals surface area contributed by atoms with E-state index in [1.807, 2.05) is 30.3 Å². The molecule has 1 aliphatic rings. The Morgan fingerprint density at radius 1 is 0.870 bits per heavy atom. The van der Waals surface area contributed by atoms with Crippen LogP contribution in [0.5, 0.6) is 0 Å². The summed E-state index contributed by atoms with van der Waals surface area (Å²) in [5, 5.41) is 5.71. The van der Waals surface area contributed by atoms with Crippen molar-refractivity contribution in [2.24, 2.45) is 4.99 Å². The fourth-order valence-corrected chi connectivity index (χ4v) is 6.25. The number of fused-ring (bicyclic) bond motifs is 1. The molecule has 46 heavy (non-hydrogen) atoms. The van der Waals surface area contributed by atoms with Crippen molar-refractivity contribution in [1.82, 2.24) is 5.32 Å². The molecule has 3 amide bonds. The molecule has 3 N–H and O–H groups in total. The summed E-state index contributed by atoms with van der Waals surface area (Å²) in [6.45, 7) is 4.21. The van der Waals surface area contributed by atoms with Gasteiger partial charge in [-0.3, -0.25) is 24.1 Å². The van der Waals surface area contributed by atoms with Gasteiger partial charge in [0.1, 0.15) is 5.92 Å². The van der Waals surface area contributed by atoms with Crippen LogP contribution in [-0.4, -0.2) is 44.9 Å². The van der Waals surface area contributed by atoms with E-state index in [1.54, 1.807) is 79.4 Å². The lowest BCUT2D eigenvalue weighted by atomic mass is 9.90. The lowest BCUT2D eigenvalue weighted by Gasteiger charge is -2.23. The summed E-state index contributed by atoms with van der Waals surface area (Å²) < 4.78 is 28.7. The van der Waals surface area contributed by atoms with E-state index in [0.717, 1.165) is 5.56 Å². The van der Waals surface area contributed by atoms with E-state index >= 15 is 0 Å². The minimum atomic E-state index is -3.85. The Labute approximate surface area is 268 Å². The lowest BCUT2D eigenvalue weighted by molar-refractivity contribution is -0.121. The molecule has 236 valence electrons. The molecular weight excluding hydrogens is 602 g/mol. The number of nitrogens with zero attached hydrogens (tertiary/aromatic N) is 2. The summed E-state index contributed by atoms with van der Waals surface area (Å²) in [4.78, 5) is 44.6. The second-order valence-electron chi connectivity index (χ2n) is 10.6. The standard InChI is InChI=1S/C35H35N5O5S/c1-3-31(41)36-21-22-40(32(42)4-2)27-18-15-25(16-19-27)37-34(24-11-7-5-8-12-24)33-29-23-26(17-20-30(29)38-35(33)43)39-46(44,45)28-13-9-6-10-14-28/h5-20,23,33,39H,3-4,21-22H2,1-2H3,(H,36,41)(H,38,43). The first kappa shape index (κ1) is 32.1. The van der Waals surface area contributed by atoms with Crippen LogP contribution in [0.15, 0.2) is 113 Å². The largest absolute Gasteiger partial charge is 0.354 e. The zero-order chi connectivity index (χ0) is 32.7. The third kappa shape index (κ3) is 7.32. The number of nitrogens with one attached hydrogen (secondary N) is 3. The first-order valence-corrected chi connectivity index (χ1v) is 16.5. The molecule has 10 nitrogen and oxygen atoms in total. The van der Waals surface area contributed by atoms with Gasteiger partial charge in [0, 0.05) is 43.0 Å². The number of amides is 3. The summed E-state index contributed by atoms with van der Waals surface area (Å²) in [6, 6.07) is 29.5. The van der Waals surface area contributed by atoms with E-state index in [1.165, 1.54) is 12.1 Å². The molecule has 0 spiro atoms. The first-order valence-electron chi connectivity index (χ1n) is 15.0. The SMILES string of the molecule is CCC(=O)NCCN(C(=O)CC)c1ccc(N=C(c2ccccc2)C2C(=O)Nc3ccc(NS(=O)(=O)c4ccccc4)cc32)cc1. The van der Waals surface area contributed by atoms with Crippen LogP contribution >= 0.6 is 0 Å². The molecule has 0 aliphatic carbocycles. The number of sulfonamides is 1. The predicted molar refractivity (Wildman–Crippen MR) is 180 cm³/mol. The van der Waals surface area contributed by atoms with Gasteiger partial charge in [0.25, 0.3) is 10.0 Å². The normalized spacial score (nSPS) is 14.3. The van der Waals surface area contributed by atoms with Crippen LogP contribution in [0.25, 0.3) is 0 Å². The second-order valence-corrected chi connectivity index (χ2v) is 12.3. The van der Waals surface area contributed by atoms with Crippen molar-refractivity contribution in [2.45, 2.75) is 37.5 Å². The highest BCUT2D eigenvalue weighted by Gasteiger charge is 2.36. The van der Waals surface area contributed by atoms with Crippen molar-refractivity contribution in [1.29, 1.82) is 0 Å². The summed E-state index contributed by atoms with van der Waals surface area (Å²) in [6.07, 6.45) is 0.672. The highest BCUT2D eigenvalue weighted by atomic mass is 32.2. The van der Waals surface area contributed by atoms with Crippen LogP contribution in [-0.2, 0) is 24.4 Å². The second kappa shape index (κ2) is 14.2. The van der Waals surface area contributed by atoms with Crippen molar-refractivity contribution in [3.05, 3.63) is 114 Å². The number of aliphatic imine (C=N–C) groups is 1. The summed E-state index contributed by atoms with van der Waals surface area (Å²) in [5.74, 6) is -1.27. The highest BCUT2D eigenvalue weighted by Crippen LogP contribution is 2.38. The Bertz CT molecular complexity index is 1860. The van der Waals surface area contributed by atoms with Gasteiger partial charge in [0.15, 0.2) is 0 Å². The molecule has 0 saturated heterocycles. The molecule has 0 saturated carbocycles. The molecule has 1 heterocycles. The molecule has 1 unspecified atom stereocenters. The third-order valence-corrected chi connectivity index (χ3v) is 8.92. The molecular formula is C35H35N5O5S. The van der Waals surface area contributed by atoms with Gasteiger partial charge in [-0.05, 0) is 65.7 Å². The molecule has 11 heteroatoms. The van der Waals surface area contributed by atoms with Gasteiger partial charge in [-0.1, -0.05) is 62.4 Å². The summed E-state index contributed by atoms with van der Waals surface area (Å²) in [5.41, 5.74) is 3.91. The Hall–Kier alpha value is -5.29. The van der Waals surface area contributed by atoms with Gasteiger partial charge in [-0.2, -0.15) is 0 Å². The van der Waals surface area contributed by atoms with E-state index in [-0.39, 0.29) is 22.6 Å². The van der Waals surface area contributed by atoms with Crippen LogP contribution in [0.4, 0.5) is 22.7 Å². The number of anilines is 3. The number of benzene rings is 4. The van der Waals surface area contributed by atoms with E-state index in [9.17, 15) is 22.8 Å². The molecule has 1 aliphatic heterocycles. The van der Waals surface area contributed by atoms with Crippen LogP contribution in [0.3, 0.4) is 0 Å². The maximum Gasteiger partial charge on any atom is 0.261 e. The lowest BCUT2D eigenvalue weighted by Crippen LogP contribution is -2.38. The van der Waals surface area contributed by atoms with E-state index in [4.69, 9.17) is 4.99 Å². The summed E-state index contributed by atoms with van der Waals surface area (Å²) in [7, 11) is -3.85. The number of hydrogen-bond acceptors (Lipinski definition) is 6. The first-order chi connectivity index (χ1) is 22.2. The maximum absolute atomic E-state index is 13.5. The maximum atomic E-state index is 13.5. The van der Waals surface area contributed by atoms with Crippen LogP contribution in [0.2, 0.25) is 0 Å². The fourth-order valence-electron chi connectivity index (χ4n) is 5.18. The van der Waals surface area contributed by atoms with Gasteiger partial charge in [0.05, 0.1) is 16.3 Å². The van der Waals surface area contributed by atoms with E-state index in [2.05, 4.69) is 15.4 Å². The number of rotatable bonds is 12. The Morgan fingerprint density at radius 2 is 1.54 bits per heavy atom. The zero-order valence-corrected chi connectivity index (χ0v) is 26.4. The molecule has 1 atom stereocenters. The molecule has 0 aromatic heterocycles. The molecule has 5 rings (SSSR count). The van der Waals surface area contributed by atoms with E-state index < -0.39 is 15.9 Å². The monoisotopic (exact) mass is 637 g/mol. The Kier molecular flexibility index (Phi) is 9.92. The Morgan fingerprint density at radius 3 is 2.20 bits per heavy atom. The molecule has 0 bridgehead atoms. The third-order valence-electron chi connectivity index (χ3n) is 7.52. The topological polar surface area (TPSA) is 137 Å². The van der Waals surface area contributed by atoms with Crippen LogP contribution < -0.4 is 20.3 Å². The van der Waals surface area contributed by atoms with Crippen molar-refractivity contribution >= 4 is 56.2 Å². The van der Waals surface area contributed by atoms with Gasteiger partial charge in [-0.15, -0.1) is 0 Å². The predicted octanol–water partition coefficient (Wildman–Crippen LogP) is 5.61. The Balaban J connectivity index is 1.48. The highest BCUT2D eigenvalue weighted by molar-refractivity contribution is 7.92. The van der Waals surface area contributed by atoms with Gasteiger partial charge >= 0.3 is 0 Å². The van der Waals surface area contributed by atoms with Crippen molar-refractivity contribution < 1.29 is 22.8 Å². The molecule has 0 radical (unpaired) electrons. The smallest absolute Gasteiger partial charge is 0.261 e. The zero-order valence-electron chi connectivity index (χ0n) is 25.6. The number of hydrogen-bond donors (Lipinski definition) is 3. The average molecular weight is 638 g/mol. The van der Waals surface area contributed by atoms with Crippen LogP contribution in [0.1, 0.15) is 43.7 Å². The van der Waals surface area contributed by atoms with Gasteiger partial charge < -0.3 is 15.5 Å².